The van der Waals surface area contributed by atoms with Crippen molar-refractivity contribution in [3.63, 3.8) is 0 Å². The average Bonchev–Trinajstić information content (AvgIpc) is 3.07. The maximum atomic E-state index is 13.0. The van der Waals surface area contributed by atoms with Gasteiger partial charge in [0.05, 0.1) is 17.4 Å². The molecule has 27 heavy (non-hydrogen) atoms. The number of benzene rings is 1. The predicted octanol–water partition coefficient (Wildman–Crippen LogP) is 1.01. The van der Waals surface area contributed by atoms with Gasteiger partial charge in [-0.25, -0.2) is 12.7 Å². The van der Waals surface area contributed by atoms with Gasteiger partial charge in [-0.3, -0.25) is 9.59 Å². The van der Waals surface area contributed by atoms with E-state index < -0.39 is 34.2 Å². The Hall–Kier alpha value is -2.39. The lowest BCUT2D eigenvalue weighted by atomic mass is 10.0. The fraction of sp³-hybridized carbons (Fsp3) is 0.444. The van der Waals surface area contributed by atoms with Crippen LogP contribution in [-0.4, -0.2) is 50.1 Å². The minimum absolute atomic E-state index is 0.0746. The summed E-state index contributed by atoms with van der Waals surface area (Å²) in [7, 11) is -3.89. The standard InChI is InChI=1S/C18H22N2O6S/c1-2-25-18(22)13-9-11-20(27(23,24)14-6-4-3-5-7-14)16(12-13)26-15-8-10-19-17(15)21/h3-7,9,11,13,15-16H,2,8,10,12H2,1H3,(H,19,21)/t13-,15-,16-/m0/s1. The van der Waals surface area contributed by atoms with Crippen molar-refractivity contribution in [3.8, 4) is 0 Å². The van der Waals surface area contributed by atoms with E-state index in [1.165, 1.54) is 24.4 Å². The molecule has 3 atom stereocenters. The quantitative estimate of drug-likeness (QED) is 0.723. The molecule has 3 rings (SSSR count). The lowest BCUT2D eigenvalue weighted by Crippen LogP contribution is -2.45. The van der Waals surface area contributed by atoms with Crippen LogP contribution in [0.4, 0.5) is 0 Å². The van der Waals surface area contributed by atoms with Crippen LogP contribution in [0.25, 0.3) is 0 Å². The van der Waals surface area contributed by atoms with Gasteiger partial charge in [0, 0.05) is 25.6 Å². The van der Waals surface area contributed by atoms with Gasteiger partial charge in [0.25, 0.3) is 10.0 Å². The second-order valence-corrected chi connectivity index (χ2v) is 8.09. The summed E-state index contributed by atoms with van der Waals surface area (Å²) in [6.07, 6.45) is 1.60. The highest BCUT2D eigenvalue weighted by molar-refractivity contribution is 7.89. The van der Waals surface area contributed by atoms with Gasteiger partial charge in [-0.05, 0) is 19.1 Å². The van der Waals surface area contributed by atoms with Crippen LogP contribution in [0.15, 0.2) is 47.5 Å². The fourth-order valence-electron chi connectivity index (χ4n) is 3.06. The number of carbonyl (C=O) groups excluding carboxylic acids is 2. The van der Waals surface area contributed by atoms with Gasteiger partial charge in [0.1, 0.15) is 12.3 Å². The molecule has 1 saturated heterocycles. The van der Waals surface area contributed by atoms with Crippen LogP contribution in [0.1, 0.15) is 19.8 Å². The highest BCUT2D eigenvalue weighted by Crippen LogP contribution is 2.30. The van der Waals surface area contributed by atoms with Gasteiger partial charge >= 0.3 is 5.97 Å². The van der Waals surface area contributed by atoms with Crippen molar-refractivity contribution >= 4 is 21.9 Å². The molecule has 0 spiro atoms. The van der Waals surface area contributed by atoms with Gasteiger partial charge in [-0.2, -0.15) is 0 Å². The molecule has 8 nitrogen and oxygen atoms in total. The second-order valence-electron chi connectivity index (χ2n) is 6.24. The van der Waals surface area contributed by atoms with Crippen LogP contribution in [0.5, 0.6) is 0 Å². The number of ether oxygens (including phenoxy) is 2. The third-order valence-electron chi connectivity index (χ3n) is 4.43. The zero-order valence-corrected chi connectivity index (χ0v) is 15.7. The first kappa shape index (κ1) is 19.4. The molecule has 1 fully saturated rings. The topological polar surface area (TPSA) is 102 Å². The van der Waals surface area contributed by atoms with Crippen LogP contribution >= 0.6 is 0 Å². The SMILES string of the molecule is CCOC(=O)[C@H]1C=CN(S(=O)(=O)c2ccccc2)[C@@H](O[C@H]2CCNC2=O)C1. The first-order valence-corrected chi connectivity index (χ1v) is 10.2. The summed E-state index contributed by atoms with van der Waals surface area (Å²) in [5.41, 5.74) is 0. The van der Waals surface area contributed by atoms with E-state index in [2.05, 4.69) is 5.32 Å². The molecule has 1 N–H and O–H groups in total. The summed E-state index contributed by atoms with van der Waals surface area (Å²) < 4.78 is 38.0. The van der Waals surface area contributed by atoms with Crippen LogP contribution in [0.3, 0.4) is 0 Å². The highest BCUT2D eigenvalue weighted by atomic mass is 32.2. The zero-order chi connectivity index (χ0) is 19.4. The minimum atomic E-state index is -3.89. The van der Waals surface area contributed by atoms with Crippen molar-refractivity contribution in [2.45, 2.75) is 37.0 Å². The molecule has 1 aromatic rings. The van der Waals surface area contributed by atoms with Crippen LogP contribution in [0, 0.1) is 5.92 Å². The van der Waals surface area contributed by atoms with Crippen LogP contribution in [0.2, 0.25) is 0 Å². The monoisotopic (exact) mass is 394 g/mol. The first-order chi connectivity index (χ1) is 12.9. The second kappa shape index (κ2) is 8.10. The first-order valence-electron chi connectivity index (χ1n) is 8.80. The number of nitrogens with zero attached hydrogens (tertiary/aromatic N) is 1. The molecule has 0 radical (unpaired) electrons. The molecule has 0 aliphatic carbocycles. The van der Waals surface area contributed by atoms with Gasteiger partial charge < -0.3 is 14.8 Å². The molecule has 0 unspecified atom stereocenters. The summed E-state index contributed by atoms with van der Waals surface area (Å²) in [4.78, 5) is 24.1. The fourth-order valence-corrected chi connectivity index (χ4v) is 4.48. The van der Waals surface area contributed by atoms with E-state index in [1.807, 2.05) is 0 Å². The van der Waals surface area contributed by atoms with Crippen molar-refractivity contribution in [1.29, 1.82) is 0 Å². The number of nitrogens with one attached hydrogen (secondary N) is 1. The molecule has 2 heterocycles. The van der Waals surface area contributed by atoms with Gasteiger partial charge in [0.2, 0.25) is 5.91 Å². The summed E-state index contributed by atoms with van der Waals surface area (Å²) >= 11 is 0. The third-order valence-corrected chi connectivity index (χ3v) is 6.21. The average molecular weight is 394 g/mol. The molecule has 1 amide bonds. The minimum Gasteiger partial charge on any atom is -0.466 e. The molecule has 2 aliphatic rings. The Morgan fingerprint density at radius 2 is 2.04 bits per heavy atom. The largest absolute Gasteiger partial charge is 0.466 e. The summed E-state index contributed by atoms with van der Waals surface area (Å²) in [5, 5.41) is 2.66. The molecule has 2 aliphatic heterocycles. The third kappa shape index (κ3) is 4.14. The maximum Gasteiger partial charge on any atom is 0.313 e. The molecular formula is C18H22N2O6S. The van der Waals surface area contributed by atoms with E-state index in [0.717, 1.165) is 4.31 Å². The van der Waals surface area contributed by atoms with Crippen LogP contribution < -0.4 is 5.32 Å². The normalized spacial score (nSPS) is 25.3. The lowest BCUT2D eigenvalue weighted by Gasteiger charge is -2.35. The predicted molar refractivity (Wildman–Crippen MR) is 95.6 cm³/mol. The summed E-state index contributed by atoms with van der Waals surface area (Å²) in [6.45, 7) is 2.40. The Balaban J connectivity index is 1.89. The number of hydrogen-bond donors (Lipinski definition) is 1. The lowest BCUT2D eigenvalue weighted by molar-refractivity contribution is -0.151. The van der Waals surface area contributed by atoms with Crippen molar-refractivity contribution in [1.82, 2.24) is 9.62 Å². The van der Waals surface area contributed by atoms with Crippen molar-refractivity contribution in [2.24, 2.45) is 5.92 Å². The summed E-state index contributed by atoms with van der Waals surface area (Å²) in [5.74, 6) is -1.37. The number of amides is 1. The van der Waals surface area contributed by atoms with E-state index in [9.17, 15) is 18.0 Å². The maximum absolute atomic E-state index is 13.0. The Morgan fingerprint density at radius 3 is 2.67 bits per heavy atom. The van der Waals surface area contributed by atoms with Gasteiger partial charge in [0.15, 0.2) is 0 Å². The van der Waals surface area contributed by atoms with Crippen molar-refractivity contribution in [2.75, 3.05) is 13.2 Å². The number of rotatable bonds is 6. The number of sulfonamides is 1. The Morgan fingerprint density at radius 1 is 1.30 bits per heavy atom. The molecule has 0 saturated carbocycles. The Labute approximate surface area is 158 Å². The number of esters is 1. The van der Waals surface area contributed by atoms with Gasteiger partial charge in [-0.1, -0.05) is 24.3 Å². The van der Waals surface area contributed by atoms with Crippen molar-refractivity contribution in [3.05, 3.63) is 42.6 Å². The van der Waals surface area contributed by atoms with E-state index in [4.69, 9.17) is 9.47 Å². The molecule has 0 aromatic heterocycles. The van der Waals surface area contributed by atoms with Crippen LogP contribution in [-0.2, 0) is 29.1 Å². The smallest absolute Gasteiger partial charge is 0.313 e. The Bertz CT molecular complexity index is 824. The zero-order valence-electron chi connectivity index (χ0n) is 14.9. The molecular weight excluding hydrogens is 372 g/mol. The van der Waals surface area contributed by atoms with Gasteiger partial charge in [-0.15, -0.1) is 0 Å². The van der Waals surface area contributed by atoms with E-state index in [-0.39, 0.29) is 23.8 Å². The highest BCUT2D eigenvalue weighted by Gasteiger charge is 2.39. The Kier molecular flexibility index (Phi) is 5.81. The van der Waals surface area contributed by atoms with Crippen molar-refractivity contribution < 1.29 is 27.5 Å². The van der Waals surface area contributed by atoms with E-state index >= 15 is 0 Å². The molecule has 0 bridgehead atoms. The van der Waals surface area contributed by atoms with E-state index in [1.54, 1.807) is 25.1 Å². The molecule has 1 aromatic carbocycles. The molecule has 9 heteroatoms. The van der Waals surface area contributed by atoms with E-state index in [0.29, 0.717) is 13.0 Å². The molecule has 146 valence electrons. The number of hydrogen-bond acceptors (Lipinski definition) is 6. The summed E-state index contributed by atoms with van der Waals surface area (Å²) in [6, 6.07) is 7.95. The number of carbonyl (C=O) groups is 2.